The van der Waals surface area contributed by atoms with Crippen LogP contribution in [0, 0.1) is 0 Å². The number of rotatable bonds is 5. The zero-order valence-corrected chi connectivity index (χ0v) is 24.0. The average molecular weight is 564 g/mol. The van der Waals surface area contributed by atoms with Crippen LogP contribution in [0.25, 0.3) is 42.1 Å². The predicted octanol–water partition coefficient (Wildman–Crippen LogP) is 8.95. The number of thiophene rings is 1. The highest BCUT2D eigenvalue weighted by molar-refractivity contribution is 7.46. The minimum Gasteiger partial charge on any atom is -0.383 e. The molecule has 0 spiro atoms. The quantitative estimate of drug-likeness (QED) is 0.127. The molecule has 7 aromatic rings. The maximum Gasteiger partial charge on any atom is 0.160 e. The van der Waals surface area contributed by atoms with E-state index in [0.717, 1.165) is 16.4 Å². The fourth-order valence-corrected chi connectivity index (χ4v) is 6.98. The lowest BCUT2D eigenvalue weighted by Crippen LogP contribution is -2.16. The zero-order chi connectivity index (χ0) is 27.6. The van der Waals surface area contributed by atoms with Crippen molar-refractivity contribution in [3.63, 3.8) is 0 Å². The smallest absolute Gasteiger partial charge is 0.160 e. The van der Waals surface area contributed by atoms with Gasteiger partial charge in [-0.05, 0) is 45.4 Å². The van der Waals surface area contributed by atoms with Crippen LogP contribution in [-0.2, 0) is 0 Å². The minimum atomic E-state index is 0.239. The van der Waals surface area contributed by atoms with Crippen molar-refractivity contribution in [2.75, 3.05) is 0 Å². The molecule has 0 saturated carbocycles. The molecule has 6 aromatic carbocycles. The lowest BCUT2D eigenvalue weighted by molar-refractivity contribution is 1.49. The van der Waals surface area contributed by atoms with Gasteiger partial charge in [-0.25, -0.2) is 9.76 Å². The highest BCUT2D eigenvalue weighted by Gasteiger charge is 2.12. The molecule has 0 aliphatic rings. The number of fused-ring (bicyclic) bond motifs is 4. The molecule has 0 fully saturated rings. The van der Waals surface area contributed by atoms with Crippen molar-refractivity contribution in [3.05, 3.63) is 151 Å². The van der Waals surface area contributed by atoms with E-state index >= 15 is 0 Å². The Labute approximate surface area is 244 Å². The second-order valence-electron chi connectivity index (χ2n) is 9.86. The van der Waals surface area contributed by atoms with Crippen LogP contribution in [0.15, 0.2) is 149 Å². The maximum absolute atomic E-state index is 6.46. The third kappa shape index (κ3) is 5.28. The van der Waals surface area contributed by atoms with Gasteiger partial charge in [0.1, 0.15) is 5.84 Å². The number of nitrogens with zero attached hydrogens (tertiary/aromatic N) is 2. The first kappa shape index (κ1) is 25.3. The van der Waals surface area contributed by atoms with Crippen molar-refractivity contribution >= 4 is 68.0 Å². The molecule has 41 heavy (non-hydrogen) atoms. The first-order chi connectivity index (χ1) is 20.2. The van der Waals surface area contributed by atoms with Crippen LogP contribution >= 0.6 is 20.1 Å². The van der Waals surface area contributed by atoms with Crippen molar-refractivity contribution in [2.45, 2.75) is 0 Å². The van der Waals surface area contributed by atoms with Gasteiger partial charge >= 0.3 is 0 Å². The molecular weight excluding hydrogens is 537 g/mol. The summed E-state index contributed by atoms with van der Waals surface area (Å²) < 4.78 is 7.42. The van der Waals surface area contributed by atoms with E-state index in [1.165, 1.54) is 42.1 Å². The summed E-state index contributed by atoms with van der Waals surface area (Å²) in [7, 11) is 0.239. The van der Waals surface area contributed by atoms with Gasteiger partial charge in [0.25, 0.3) is 0 Å². The summed E-state index contributed by atoms with van der Waals surface area (Å²) in [5.74, 6) is 1.10. The average Bonchev–Trinajstić information content (AvgIpc) is 3.40. The molecule has 0 bridgehead atoms. The molecule has 0 aliphatic carbocycles. The van der Waals surface area contributed by atoms with Gasteiger partial charge in [0.2, 0.25) is 0 Å². The van der Waals surface area contributed by atoms with Gasteiger partial charge in [-0.1, -0.05) is 121 Å². The first-order valence-corrected chi connectivity index (χ1v) is 15.2. The summed E-state index contributed by atoms with van der Waals surface area (Å²) >= 11 is 1.80. The van der Waals surface area contributed by atoms with Gasteiger partial charge in [-0.3, -0.25) is 0 Å². The number of hydrogen-bond donors (Lipinski definition) is 1. The third-order valence-corrected chi connectivity index (χ3v) is 9.21. The van der Waals surface area contributed by atoms with Gasteiger partial charge in [0.05, 0.1) is 0 Å². The fraction of sp³-hybridized carbons (Fsp3) is 0. The Morgan fingerprint density at radius 3 is 2.00 bits per heavy atom. The van der Waals surface area contributed by atoms with Gasteiger partial charge in [0.15, 0.2) is 5.84 Å². The van der Waals surface area contributed by atoms with Crippen LogP contribution in [0.1, 0.15) is 11.1 Å². The van der Waals surface area contributed by atoms with Crippen LogP contribution < -0.4 is 11.0 Å². The standard InChI is InChI=1S/C36H26N3PS/c37-35(25-10-3-1-4-11-25)38-36(39-40-30-13-5-2-6-14-30)29-18-20-32-31-19-17-28(22-33(31)41-34(32)23-29)27-16-15-24-9-7-8-12-26(24)21-27/h1-23,40H,(H2,37,38,39). The molecule has 0 amide bonds. The third-order valence-electron chi connectivity index (χ3n) is 7.17. The highest BCUT2D eigenvalue weighted by atomic mass is 32.1. The molecule has 0 aliphatic heterocycles. The van der Waals surface area contributed by atoms with E-state index in [-0.39, 0.29) is 8.73 Å². The van der Waals surface area contributed by atoms with E-state index < -0.39 is 0 Å². The summed E-state index contributed by atoms with van der Waals surface area (Å²) in [5, 5.41) is 6.17. The fourth-order valence-electron chi connectivity index (χ4n) is 5.04. The summed E-state index contributed by atoms with van der Waals surface area (Å²) in [6, 6.07) is 48.6. The van der Waals surface area contributed by atoms with Crippen LogP contribution in [0.3, 0.4) is 0 Å². The molecule has 196 valence electrons. The summed E-state index contributed by atoms with van der Waals surface area (Å²) in [5.41, 5.74) is 10.8. The molecule has 3 nitrogen and oxygen atoms in total. The Hall–Kier alpha value is -4.63. The van der Waals surface area contributed by atoms with Crippen LogP contribution in [-0.4, -0.2) is 11.7 Å². The SMILES string of the molecule is NC(=NC(=NPc1ccccc1)c1ccc2c(c1)sc1cc(-c3ccc4ccccc4c3)ccc12)c1ccccc1. The lowest BCUT2D eigenvalue weighted by Gasteiger charge is -2.06. The normalized spacial score (nSPS) is 12.7. The molecule has 1 unspecified atom stereocenters. The van der Waals surface area contributed by atoms with E-state index in [0.29, 0.717) is 11.7 Å². The van der Waals surface area contributed by atoms with E-state index in [1.54, 1.807) is 11.3 Å². The van der Waals surface area contributed by atoms with Gasteiger partial charge in [-0.2, -0.15) is 0 Å². The van der Waals surface area contributed by atoms with Crippen molar-refractivity contribution < 1.29 is 0 Å². The summed E-state index contributed by atoms with van der Waals surface area (Å²) in [4.78, 5) is 4.83. The van der Waals surface area contributed by atoms with Crippen molar-refractivity contribution in [2.24, 2.45) is 15.5 Å². The zero-order valence-electron chi connectivity index (χ0n) is 22.2. The first-order valence-electron chi connectivity index (χ1n) is 13.5. The van der Waals surface area contributed by atoms with E-state index in [2.05, 4.69) is 91.0 Å². The molecule has 1 aromatic heterocycles. The van der Waals surface area contributed by atoms with Crippen LogP contribution in [0.5, 0.6) is 0 Å². The second kappa shape index (κ2) is 11.1. The van der Waals surface area contributed by atoms with Gasteiger partial charge in [-0.15, -0.1) is 11.3 Å². The van der Waals surface area contributed by atoms with E-state index in [1.807, 2.05) is 48.5 Å². The molecule has 7 rings (SSSR count). The monoisotopic (exact) mass is 563 g/mol. The van der Waals surface area contributed by atoms with Crippen molar-refractivity contribution in [1.82, 2.24) is 0 Å². The molecule has 0 radical (unpaired) electrons. The molecular formula is C36H26N3PS. The summed E-state index contributed by atoms with van der Waals surface area (Å²) in [6.45, 7) is 0. The van der Waals surface area contributed by atoms with Gasteiger partial charge < -0.3 is 5.73 Å². The summed E-state index contributed by atoms with van der Waals surface area (Å²) in [6.07, 6.45) is 0. The number of hydrogen-bond acceptors (Lipinski definition) is 2. The lowest BCUT2D eigenvalue weighted by atomic mass is 10.00. The molecule has 1 heterocycles. The Morgan fingerprint density at radius 2 is 1.20 bits per heavy atom. The Bertz CT molecular complexity index is 2080. The predicted molar refractivity (Wildman–Crippen MR) is 180 cm³/mol. The highest BCUT2D eigenvalue weighted by Crippen LogP contribution is 2.37. The molecule has 0 saturated heterocycles. The van der Waals surface area contributed by atoms with Crippen LogP contribution in [0.4, 0.5) is 0 Å². The maximum atomic E-state index is 6.46. The second-order valence-corrected chi connectivity index (χ2v) is 12.0. The van der Waals surface area contributed by atoms with E-state index in [9.17, 15) is 0 Å². The van der Waals surface area contributed by atoms with Crippen molar-refractivity contribution in [1.29, 1.82) is 0 Å². The minimum absolute atomic E-state index is 0.239. The topological polar surface area (TPSA) is 50.7 Å². The van der Waals surface area contributed by atoms with Crippen LogP contribution in [0.2, 0.25) is 0 Å². The van der Waals surface area contributed by atoms with Crippen molar-refractivity contribution in [3.8, 4) is 11.1 Å². The number of aliphatic imine (C=N–C) groups is 1. The Kier molecular flexibility index (Phi) is 6.86. The largest absolute Gasteiger partial charge is 0.383 e. The number of amidine groups is 2. The Balaban J connectivity index is 1.29. The molecule has 1 atom stereocenters. The molecule has 5 heteroatoms. The number of nitrogens with two attached hydrogens (primary N) is 1. The number of benzene rings is 6. The molecule has 2 N–H and O–H groups in total. The van der Waals surface area contributed by atoms with Gasteiger partial charge in [0, 0.05) is 40.0 Å². The van der Waals surface area contributed by atoms with E-state index in [4.69, 9.17) is 15.5 Å². The Morgan fingerprint density at radius 1 is 0.561 bits per heavy atom.